The van der Waals surface area contributed by atoms with Gasteiger partial charge in [-0.1, -0.05) is 17.7 Å². The molecule has 0 aliphatic rings. The number of ether oxygens (including phenoxy) is 1. The maximum atomic E-state index is 13.1. The van der Waals surface area contributed by atoms with Crippen molar-refractivity contribution in [3.05, 3.63) is 34.6 Å². The zero-order valence-electron chi connectivity index (χ0n) is 11.0. The first-order valence-corrected chi connectivity index (χ1v) is 6.23. The molecule has 5 heteroatoms. The molecule has 0 fully saturated rings. The number of nitrogens with two attached hydrogens (primary N) is 1. The Bertz CT molecular complexity index is 399. The lowest BCUT2D eigenvalue weighted by Crippen LogP contribution is -2.31. The van der Waals surface area contributed by atoms with Crippen LogP contribution in [0.3, 0.4) is 0 Å². The van der Waals surface area contributed by atoms with Gasteiger partial charge in [-0.05, 0) is 44.4 Å². The SMILES string of the molecule is COC(C)(C)CCC(NN)c1ccc(F)c(Cl)c1. The lowest BCUT2D eigenvalue weighted by atomic mass is 9.95. The van der Waals surface area contributed by atoms with Crippen LogP contribution in [-0.4, -0.2) is 12.7 Å². The Kier molecular flexibility index (Phi) is 5.53. The second-order valence-corrected chi connectivity index (χ2v) is 5.30. The molecule has 3 nitrogen and oxygen atoms in total. The maximum absolute atomic E-state index is 13.1. The van der Waals surface area contributed by atoms with Gasteiger partial charge in [-0.3, -0.25) is 11.3 Å². The summed E-state index contributed by atoms with van der Waals surface area (Å²) in [7, 11) is 1.68. The van der Waals surface area contributed by atoms with Gasteiger partial charge in [0.15, 0.2) is 0 Å². The first kappa shape index (κ1) is 15.4. The molecule has 0 saturated heterocycles. The van der Waals surface area contributed by atoms with Crippen LogP contribution in [0.5, 0.6) is 0 Å². The minimum absolute atomic E-state index is 0.0717. The van der Waals surface area contributed by atoms with E-state index in [0.29, 0.717) is 0 Å². The zero-order chi connectivity index (χ0) is 13.8. The number of halogens is 2. The molecule has 102 valence electrons. The summed E-state index contributed by atoms with van der Waals surface area (Å²) in [6.45, 7) is 4.02. The van der Waals surface area contributed by atoms with Crippen molar-refractivity contribution in [2.75, 3.05) is 7.11 Å². The van der Waals surface area contributed by atoms with Gasteiger partial charge in [0.1, 0.15) is 5.82 Å². The van der Waals surface area contributed by atoms with Gasteiger partial charge in [-0.15, -0.1) is 0 Å². The average Bonchev–Trinajstić information content (AvgIpc) is 2.34. The highest BCUT2D eigenvalue weighted by Gasteiger charge is 2.20. The molecule has 0 saturated carbocycles. The normalized spacial score (nSPS) is 13.7. The largest absolute Gasteiger partial charge is 0.379 e. The lowest BCUT2D eigenvalue weighted by molar-refractivity contribution is 0.0117. The van der Waals surface area contributed by atoms with Crippen LogP contribution in [-0.2, 0) is 4.74 Å². The Morgan fingerprint density at radius 2 is 2.17 bits per heavy atom. The summed E-state index contributed by atoms with van der Waals surface area (Å²) in [5.41, 5.74) is 3.39. The van der Waals surface area contributed by atoms with E-state index in [-0.39, 0.29) is 16.7 Å². The number of hydrazine groups is 1. The fourth-order valence-corrected chi connectivity index (χ4v) is 1.86. The molecule has 1 aromatic carbocycles. The van der Waals surface area contributed by atoms with Crippen LogP contribution in [0.4, 0.5) is 4.39 Å². The molecular formula is C13H20ClFN2O. The van der Waals surface area contributed by atoms with E-state index < -0.39 is 5.82 Å². The Morgan fingerprint density at radius 1 is 1.50 bits per heavy atom. The Balaban J connectivity index is 2.74. The summed E-state index contributed by atoms with van der Waals surface area (Å²) in [5.74, 6) is 5.11. The molecule has 0 bridgehead atoms. The van der Waals surface area contributed by atoms with E-state index in [1.54, 1.807) is 19.2 Å². The molecule has 1 atom stereocenters. The second-order valence-electron chi connectivity index (χ2n) is 4.90. The molecule has 0 aromatic heterocycles. The molecule has 1 rings (SSSR count). The number of nitrogens with one attached hydrogen (secondary N) is 1. The second kappa shape index (κ2) is 6.48. The van der Waals surface area contributed by atoms with Crippen LogP contribution in [0, 0.1) is 5.82 Å². The first-order chi connectivity index (χ1) is 8.39. The van der Waals surface area contributed by atoms with Crippen molar-refractivity contribution in [3.8, 4) is 0 Å². The van der Waals surface area contributed by atoms with Crippen molar-refractivity contribution in [1.29, 1.82) is 0 Å². The van der Waals surface area contributed by atoms with Crippen molar-refractivity contribution in [1.82, 2.24) is 5.43 Å². The van der Waals surface area contributed by atoms with Gasteiger partial charge in [0.2, 0.25) is 0 Å². The number of methoxy groups -OCH3 is 1. The van der Waals surface area contributed by atoms with Gasteiger partial charge < -0.3 is 4.74 Å². The highest BCUT2D eigenvalue weighted by molar-refractivity contribution is 6.30. The summed E-state index contributed by atoms with van der Waals surface area (Å²) in [4.78, 5) is 0. The summed E-state index contributed by atoms with van der Waals surface area (Å²) in [6.07, 6.45) is 1.60. The Labute approximate surface area is 112 Å². The summed E-state index contributed by atoms with van der Waals surface area (Å²) in [5, 5.41) is 0.110. The van der Waals surface area contributed by atoms with Crippen LogP contribution in [0.15, 0.2) is 18.2 Å². The van der Waals surface area contributed by atoms with Crippen molar-refractivity contribution in [2.45, 2.75) is 38.3 Å². The molecule has 0 spiro atoms. The van der Waals surface area contributed by atoms with Gasteiger partial charge in [-0.25, -0.2) is 4.39 Å². The fraction of sp³-hybridized carbons (Fsp3) is 0.538. The topological polar surface area (TPSA) is 47.3 Å². The van der Waals surface area contributed by atoms with Crippen LogP contribution in [0.25, 0.3) is 0 Å². The molecule has 1 unspecified atom stereocenters. The van der Waals surface area contributed by atoms with Gasteiger partial charge in [-0.2, -0.15) is 0 Å². The predicted octanol–water partition coefficient (Wildman–Crippen LogP) is 3.19. The standard InChI is InChI=1S/C13H20ClFN2O/c1-13(2,18-3)7-6-12(17-16)9-4-5-11(15)10(14)8-9/h4-5,8,12,17H,6-7,16H2,1-3H3. The third kappa shape index (κ3) is 4.21. The number of rotatable bonds is 6. The molecule has 0 aliphatic carbocycles. The third-order valence-corrected chi connectivity index (χ3v) is 3.42. The minimum Gasteiger partial charge on any atom is -0.379 e. The van der Waals surface area contributed by atoms with Crippen LogP contribution >= 0.6 is 11.6 Å². The number of hydrogen-bond donors (Lipinski definition) is 2. The van der Waals surface area contributed by atoms with Crippen molar-refractivity contribution >= 4 is 11.6 Å². The van der Waals surface area contributed by atoms with Crippen molar-refractivity contribution in [3.63, 3.8) is 0 Å². The first-order valence-electron chi connectivity index (χ1n) is 5.86. The molecule has 0 amide bonds. The molecule has 0 heterocycles. The van der Waals surface area contributed by atoms with Gasteiger partial charge in [0.25, 0.3) is 0 Å². The molecule has 0 aliphatic heterocycles. The molecule has 3 N–H and O–H groups in total. The van der Waals surface area contributed by atoms with Crippen LogP contribution < -0.4 is 11.3 Å². The summed E-state index contributed by atoms with van der Waals surface area (Å²) >= 11 is 5.76. The zero-order valence-corrected chi connectivity index (χ0v) is 11.7. The minimum atomic E-state index is -0.423. The number of hydrogen-bond acceptors (Lipinski definition) is 3. The maximum Gasteiger partial charge on any atom is 0.141 e. The van der Waals surface area contributed by atoms with E-state index >= 15 is 0 Å². The highest BCUT2D eigenvalue weighted by atomic mass is 35.5. The monoisotopic (exact) mass is 274 g/mol. The molecule has 18 heavy (non-hydrogen) atoms. The smallest absolute Gasteiger partial charge is 0.141 e. The van der Waals surface area contributed by atoms with Crippen molar-refractivity contribution < 1.29 is 9.13 Å². The van der Waals surface area contributed by atoms with Gasteiger partial charge in [0, 0.05) is 13.2 Å². The van der Waals surface area contributed by atoms with Crippen LogP contribution in [0.2, 0.25) is 5.02 Å². The molecule has 1 aromatic rings. The molecular weight excluding hydrogens is 255 g/mol. The van der Waals surface area contributed by atoms with Crippen LogP contribution in [0.1, 0.15) is 38.3 Å². The van der Waals surface area contributed by atoms with E-state index in [1.165, 1.54) is 6.07 Å². The van der Waals surface area contributed by atoms with E-state index in [0.717, 1.165) is 18.4 Å². The average molecular weight is 275 g/mol. The van der Waals surface area contributed by atoms with Crippen molar-refractivity contribution in [2.24, 2.45) is 5.84 Å². The van der Waals surface area contributed by atoms with Gasteiger partial charge >= 0.3 is 0 Å². The van der Waals surface area contributed by atoms with E-state index in [4.69, 9.17) is 22.2 Å². The Morgan fingerprint density at radius 3 is 2.67 bits per heavy atom. The van der Waals surface area contributed by atoms with E-state index in [1.807, 2.05) is 13.8 Å². The summed E-state index contributed by atoms with van der Waals surface area (Å²) in [6, 6.07) is 4.56. The molecule has 0 radical (unpaired) electrons. The summed E-state index contributed by atoms with van der Waals surface area (Å²) < 4.78 is 18.4. The van der Waals surface area contributed by atoms with E-state index in [2.05, 4.69) is 5.43 Å². The Hall–Kier alpha value is -0.680. The third-order valence-electron chi connectivity index (χ3n) is 3.13. The van der Waals surface area contributed by atoms with Gasteiger partial charge in [0.05, 0.1) is 10.6 Å². The fourth-order valence-electron chi connectivity index (χ4n) is 1.67. The quantitative estimate of drug-likeness (QED) is 0.619. The van der Waals surface area contributed by atoms with E-state index in [9.17, 15) is 4.39 Å². The lowest BCUT2D eigenvalue weighted by Gasteiger charge is -2.26. The predicted molar refractivity (Wildman–Crippen MR) is 71.8 cm³/mol. The number of benzene rings is 1. The highest BCUT2D eigenvalue weighted by Crippen LogP contribution is 2.26.